The van der Waals surface area contributed by atoms with E-state index in [4.69, 9.17) is 25.7 Å². The van der Waals surface area contributed by atoms with Crippen LogP contribution in [0.15, 0.2) is 72.8 Å². The Bertz CT molecular complexity index is 1310. The number of ether oxygens (including phenoxy) is 4. The van der Waals surface area contributed by atoms with E-state index >= 15 is 0 Å². The Morgan fingerprint density at radius 3 is 1.95 bits per heavy atom. The average molecular weight is 544 g/mol. The zero-order valence-electron chi connectivity index (χ0n) is 20.2. The number of hydrogen-bond acceptors (Lipinski definition) is 9. The van der Waals surface area contributed by atoms with Crippen molar-refractivity contribution in [2.45, 2.75) is 12.8 Å². The summed E-state index contributed by atoms with van der Waals surface area (Å²) < 4.78 is 57.0. The Morgan fingerprint density at radius 2 is 1.33 bits per heavy atom. The summed E-state index contributed by atoms with van der Waals surface area (Å²) in [4.78, 5) is 36.1. The largest absolute Gasteiger partial charge is 0.459 e. The van der Waals surface area contributed by atoms with E-state index in [1.54, 1.807) is 12.1 Å². The predicted octanol–water partition coefficient (Wildman–Crippen LogP) is 4.42. The van der Waals surface area contributed by atoms with Gasteiger partial charge in [-0.3, -0.25) is 0 Å². The molecule has 0 aromatic heterocycles. The lowest BCUT2D eigenvalue weighted by molar-refractivity contribution is -0.138. The van der Waals surface area contributed by atoms with Crippen molar-refractivity contribution in [3.05, 3.63) is 89.5 Å². The van der Waals surface area contributed by atoms with E-state index in [1.807, 2.05) is 0 Å². The van der Waals surface area contributed by atoms with Crippen LogP contribution in [0.25, 0.3) is 6.08 Å². The zero-order valence-corrected chi connectivity index (χ0v) is 20.2. The van der Waals surface area contributed by atoms with Gasteiger partial charge in [-0.2, -0.15) is 4.39 Å². The molecular formula is C27H23F3N2O7. The first-order chi connectivity index (χ1) is 18.6. The summed E-state index contributed by atoms with van der Waals surface area (Å²) in [5.41, 5.74) is 12.8. The molecule has 204 valence electrons. The minimum atomic E-state index is -3.29. The minimum absolute atomic E-state index is 0.0873. The maximum Gasteiger partial charge on any atom is 0.343 e. The molecule has 0 saturated carbocycles. The second-order valence-corrected chi connectivity index (χ2v) is 7.81. The first-order valence-corrected chi connectivity index (χ1v) is 11.3. The number of carbonyl (C=O) groups is 3. The van der Waals surface area contributed by atoms with Gasteiger partial charge in [0.25, 0.3) is 6.36 Å². The van der Waals surface area contributed by atoms with E-state index in [1.165, 1.54) is 66.7 Å². The summed E-state index contributed by atoms with van der Waals surface area (Å²) in [5, 5.41) is 0. The molecule has 0 radical (unpaired) electrons. The van der Waals surface area contributed by atoms with Crippen molar-refractivity contribution < 1.29 is 46.5 Å². The molecule has 0 amide bonds. The van der Waals surface area contributed by atoms with Gasteiger partial charge in [0.1, 0.15) is 24.7 Å². The molecular weight excluding hydrogens is 521 g/mol. The molecule has 0 aliphatic rings. The summed E-state index contributed by atoms with van der Waals surface area (Å²) in [6.07, 6.45) is -3.44. The zero-order chi connectivity index (χ0) is 28.4. The van der Waals surface area contributed by atoms with Gasteiger partial charge in [0.05, 0.1) is 11.1 Å². The molecule has 0 bridgehead atoms. The van der Waals surface area contributed by atoms with Crippen LogP contribution in [0.1, 0.15) is 26.3 Å². The fourth-order valence-electron chi connectivity index (χ4n) is 3.03. The lowest BCUT2D eigenvalue weighted by Gasteiger charge is -2.10. The Labute approximate surface area is 220 Å². The molecule has 3 aromatic carbocycles. The Hall–Kier alpha value is -5.00. The number of halogens is 3. The number of rotatable bonds is 11. The highest BCUT2D eigenvalue weighted by atomic mass is 19.3. The third kappa shape index (κ3) is 9.11. The number of alkyl halides is 3. The van der Waals surface area contributed by atoms with Gasteiger partial charge >= 0.3 is 24.3 Å². The molecule has 1 unspecified atom stereocenters. The van der Waals surface area contributed by atoms with Crippen LogP contribution >= 0.6 is 0 Å². The Balaban J connectivity index is 1.41. The SMILES string of the molecule is Nc1cc(N)cc(C(=O)OCCOC(=O)C=Cc2ccc(OC(=O)c3ccc(OC(F)C(F)F)cc3)cc2)c1. The van der Waals surface area contributed by atoms with Crippen LogP contribution < -0.4 is 20.9 Å². The van der Waals surface area contributed by atoms with Crippen LogP contribution in [0.4, 0.5) is 24.5 Å². The lowest BCUT2D eigenvalue weighted by Crippen LogP contribution is -2.19. The van der Waals surface area contributed by atoms with Gasteiger partial charge < -0.3 is 30.4 Å². The molecule has 3 rings (SSSR count). The maximum absolute atomic E-state index is 12.9. The van der Waals surface area contributed by atoms with Crippen molar-refractivity contribution in [1.29, 1.82) is 0 Å². The standard InChI is InChI=1S/C27H23F3N2O7/c28-24(29)25(30)38-21-8-4-17(5-9-21)27(35)39-22-6-1-16(2-7-22)3-10-23(33)36-11-12-37-26(34)18-13-19(31)15-20(32)14-18/h1-10,13-15,24-25H,11-12,31-32H2. The van der Waals surface area contributed by atoms with Gasteiger partial charge in [-0.25, -0.2) is 23.2 Å². The van der Waals surface area contributed by atoms with Gasteiger partial charge in [-0.1, -0.05) is 12.1 Å². The lowest BCUT2D eigenvalue weighted by atomic mass is 10.2. The minimum Gasteiger partial charge on any atom is -0.459 e. The third-order valence-corrected chi connectivity index (χ3v) is 4.81. The van der Waals surface area contributed by atoms with Gasteiger partial charge in [-0.05, 0) is 66.2 Å². The first kappa shape index (κ1) is 28.6. The smallest absolute Gasteiger partial charge is 0.343 e. The van der Waals surface area contributed by atoms with Crippen LogP contribution in [0.3, 0.4) is 0 Å². The van der Waals surface area contributed by atoms with E-state index in [0.717, 1.165) is 0 Å². The monoisotopic (exact) mass is 544 g/mol. The highest BCUT2D eigenvalue weighted by Crippen LogP contribution is 2.20. The molecule has 0 aliphatic heterocycles. The molecule has 9 nitrogen and oxygen atoms in total. The number of anilines is 2. The summed E-state index contributed by atoms with van der Waals surface area (Å²) in [6.45, 7) is -0.343. The first-order valence-electron chi connectivity index (χ1n) is 11.3. The van der Waals surface area contributed by atoms with Crippen LogP contribution in [-0.2, 0) is 14.3 Å². The number of carbonyl (C=O) groups excluding carboxylic acids is 3. The van der Waals surface area contributed by atoms with Crippen molar-refractivity contribution in [1.82, 2.24) is 0 Å². The van der Waals surface area contributed by atoms with Crippen molar-refractivity contribution in [3.8, 4) is 11.5 Å². The fraction of sp³-hybridized carbons (Fsp3) is 0.148. The Morgan fingerprint density at radius 1 is 0.744 bits per heavy atom. The molecule has 1 atom stereocenters. The molecule has 0 spiro atoms. The van der Waals surface area contributed by atoms with Crippen LogP contribution in [0, 0.1) is 0 Å². The molecule has 4 N–H and O–H groups in total. The molecule has 0 saturated heterocycles. The predicted molar refractivity (Wildman–Crippen MR) is 135 cm³/mol. The molecule has 12 heteroatoms. The van der Waals surface area contributed by atoms with Crippen LogP contribution in [0.2, 0.25) is 0 Å². The van der Waals surface area contributed by atoms with Gasteiger partial charge in [0.2, 0.25) is 0 Å². The van der Waals surface area contributed by atoms with E-state index in [-0.39, 0.29) is 35.8 Å². The van der Waals surface area contributed by atoms with Crippen molar-refractivity contribution >= 4 is 35.4 Å². The third-order valence-electron chi connectivity index (χ3n) is 4.81. The highest BCUT2D eigenvalue weighted by Gasteiger charge is 2.21. The van der Waals surface area contributed by atoms with Crippen molar-refractivity contribution in [3.63, 3.8) is 0 Å². The van der Waals surface area contributed by atoms with Gasteiger partial charge in [0, 0.05) is 17.5 Å². The summed E-state index contributed by atoms with van der Waals surface area (Å²) >= 11 is 0. The van der Waals surface area contributed by atoms with Gasteiger partial charge in [0.15, 0.2) is 0 Å². The van der Waals surface area contributed by atoms with Gasteiger partial charge in [-0.15, -0.1) is 0 Å². The number of benzene rings is 3. The van der Waals surface area contributed by atoms with E-state index in [2.05, 4.69) is 4.74 Å². The second-order valence-electron chi connectivity index (χ2n) is 7.81. The summed E-state index contributed by atoms with van der Waals surface area (Å²) in [7, 11) is 0. The molecule has 3 aromatic rings. The topological polar surface area (TPSA) is 140 Å². The molecule has 39 heavy (non-hydrogen) atoms. The van der Waals surface area contributed by atoms with E-state index in [0.29, 0.717) is 16.9 Å². The van der Waals surface area contributed by atoms with Crippen molar-refractivity contribution in [2.24, 2.45) is 0 Å². The number of nitrogen functional groups attached to an aromatic ring is 2. The summed E-state index contributed by atoms with van der Waals surface area (Å²) in [6, 6.07) is 15.3. The maximum atomic E-state index is 12.9. The van der Waals surface area contributed by atoms with Crippen molar-refractivity contribution in [2.75, 3.05) is 24.7 Å². The number of hydrogen-bond donors (Lipinski definition) is 2. The Kier molecular flexibility index (Phi) is 9.90. The quantitative estimate of drug-likeness (QED) is 0.118. The van der Waals surface area contributed by atoms with Crippen LogP contribution in [0.5, 0.6) is 11.5 Å². The number of nitrogens with two attached hydrogens (primary N) is 2. The second kappa shape index (κ2) is 13.5. The average Bonchev–Trinajstić information content (AvgIpc) is 2.90. The molecule has 0 heterocycles. The normalized spacial score (nSPS) is 11.7. The van der Waals surface area contributed by atoms with Crippen LogP contribution in [-0.4, -0.2) is 43.9 Å². The fourth-order valence-corrected chi connectivity index (χ4v) is 3.03. The molecule has 0 aliphatic carbocycles. The highest BCUT2D eigenvalue weighted by molar-refractivity contribution is 5.92. The molecule has 0 fully saturated rings. The number of esters is 3. The van der Waals surface area contributed by atoms with E-state index in [9.17, 15) is 27.6 Å². The summed E-state index contributed by atoms with van der Waals surface area (Å²) in [5.74, 6) is -2.04. The van der Waals surface area contributed by atoms with E-state index < -0.39 is 30.7 Å².